The third-order valence-electron chi connectivity index (χ3n) is 3.91. The Balaban J connectivity index is 1.65. The molecule has 0 unspecified atom stereocenters. The van der Waals surface area contributed by atoms with Crippen LogP contribution < -0.4 is 14.8 Å². The van der Waals surface area contributed by atoms with Crippen LogP contribution >= 0.6 is 0 Å². The van der Waals surface area contributed by atoms with Crippen molar-refractivity contribution in [1.29, 1.82) is 0 Å². The quantitative estimate of drug-likeness (QED) is 0.461. The summed E-state index contributed by atoms with van der Waals surface area (Å²) >= 11 is 0. The molecule has 9 nitrogen and oxygen atoms in total. The second-order valence-corrected chi connectivity index (χ2v) is 6.10. The molecule has 1 amide bonds. The van der Waals surface area contributed by atoms with Gasteiger partial charge in [0, 0.05) is 18.2 Å². The number of aromatic nitrogens is 2. The van der Waals surface area contributed by atoms with E-state index in [2.05, 4.69) is 10.4 Å². The summed E-state index contributed by atoms with van der Waals surface area (Å²) in [6.45, 7) is 4.08. The molecule has 0 aliphatic rings. The number of nitrogens with one attached hydrogen (secondary N) is 1. The summed E-state index contributed by atoms with van der Waals surface area (Å²) < 4.78 is 12.4. The van der Waals surface area contributed by atoms with Crippen LogP contribution in [0.5, 0.6) is 11.5 Å². The van der Waals surface area contributed by atoms with E-state index in [0.717, 1.165) is 5.75 Å². The zero-order valence-electron chi connectivity index (χ0n) is 16.0. The molecule has 0 saturated carbocycles. The van der Waals surface area contributed by atoms with E-state index in [0.29, 0.717) is 29.6 Å². The van der Waals surface area contributed by atoms with Crippen LogP contribution in [0, 0.1) is 17.0 Å². The van der Waals surface area contributed by atoms with E-state index in [9.17, 15) is 14.9 Å². The Morgan fingerprint density at radius 3 is 2.31 bits per heavy atom. The van der Waals surface area contributed by atoms with Gasteiger partial charge in [-0.3, -0.25) is 14.9 Å². The highest BCUT2D eigenvalue weighted by Gasteiger charge is 2.13. The number of ether oxygens (including phenoxy) is 2. The Labute approximate surface area is 167 Å². The maximum absolute atomic E-state index is 12.3. The fourth-order valence-corrected chi connectivity index (χ4v) is 2.63. The number of carbonyl (C=O) groups is 1. The number of hydrogen-bond donors (Lipinski definition) is 1. The summed E-state index contributed by atoms with van der Waals surface area (Å²) in [6, 6.07) is 14.6. The molecule has 0 fully saturated rings. The van der Waals surface area contributed by atoms with Crippen LogP contribution in [-0.4, -0.2) is 33.8 Å². The van der Waals surface area contributed by atoms with E-state index < -0.39 is 4.92 Å². The standard InChI is InChI=1S/C20H20N4O5/c1-3-28-17-8-10-18(11-9-17)29-13-20(25)21-19-12-14(2)22-23(19)15-4-6-16(7-5-15)24(26)27/h4-12H,3,13H2,1-2H3,(H,21,25). The Morgan fingerprint density at radius 1 is 1.10 bits per heavy atom. The smallest absolute Gasteiger partial charge is 0.269 e. The number of nitro benzene ring substituents is 1. The maximum Gasteiger partial charge on any atom is 0.269 e. The van der Waals surface area contributed by atoms with Crippen LogP contribution in [-0.2, 0) is 4.79 Å². The molecule has 0 spiro atoms. The van der Waals surface area contributed by atoms with Crippen molar-refractivity contribution in [2.24, 2.45) is 0 Å². The van der Waals surface area contributed by atoms with E-state index in [1.54, 1.807) is 49.4 Å². The van der Waals surface area contributed by atoms with Crippen molar-refractivity contribution in [3.8, 4) is 17.2 Å². The van der Waals surface area contributed by atoms with Gasteiger partial charge in [-0.1, -0.05) is 0 Å². The van der Waals surface area contributed by atoms with E-state index in [1.165, 1.54) is 16.8 Å². The molecular weight excluding hydrogens is 376 g/mol. The lowest BCUT2D eigenvalue weighted by Gasteiger charge is -2.10. The van der Waals surface area contributed by atoms with Crippen molar-refractivity contribution in [2.45, 2.75) is 13.8 Å². The lowest BCUT2D eigenvalue weighted by atomic mass is 10.3. The van der Waals surface area contributed by atoms with Gasteiger partial charge in [0.1, 0.15) is 17.3 Å². The SMILES string of the molecule is CCOc1ccc(OCC(=O)Nc2cc(C)nn2-c2ccc([N+](=O)[O-])cc2)cc1. The third-order valence-corrected chi connectivity index (χ3v) is 3.91. The number of benzene rings is 2. The Hall–Kier alpha value is -3.88. The molecule has 1 N–H and O–H groups in total. The molecule has 1 heterocycles. The van der Waals surface area contributed by atoms with Crippen molar-refractivity contribution in [2.75, 3.05) is 18.5 Å². The Kier molecular flexibility index (Phi) is 6.08. The van der Waals surface area contributed by atoms with Crippen molar-refractivity contribution in [1.82, 2.24) is 9.78 Å². The molecular formula is C20H20N4O5. The highest BCUT2D eigenvalue weighted by atomic mass is 16.6. The van der Waals surface area contributed by atoms with E-state index >= 15 is 0 Å². The highest BCUT2D eigenvalue weighted by Crippen LogP contribution is 2.21. The molecule has 0 atom stereocenters. The number of amides is 1. The first-order valence-corrected chi connectivity index (χ1v) is 8.93. The molecule has 2 aromatic carbocycles. The van der Waals surface area contributed by atoms with Gasteiger partial charge in [0.15, 0.2) is 6.61 Å². The summed E-state index contributed by atoms with van der Waals surface area (Å²) in [6.07, 6.45) is 0. The average molecular weight is 396 g/mol. The van der Waals surface area contributed by atoms with Gasteiger partial charge in [0.25, 0.3) is 11.6 Å². The number of nitrogens with zero attached hydrogens (tertiary/aromatic N) is 3. The van der Waals surface area contributed by atoms with Gasteiger partial charge < -0.3 is 14.8 Å². The van der Waals surface area contributed by atoms with Crippen LogP contribution in [0.25, 0.3) is 5.69 Å². The Morgan fingerprint density at radius 2 is 1.72 bits per heavy atom. The number of hydrogen-bond acceptors (Lipinski definition) is 6. The molecule has 0 aliphatic carbocycles. The van der Waals surface area contributed by atoms with Crippen molar-refractivity contribution < 1.29 is 19.2 Å². The molecule has 0 aliphatic heterocycles. The first-order valence-electron chi connectivity index (χ1n) is 8.93. The number of rotatable bonds is 8. The molecule has 9 heteroatoms. The summed E-state index contributed by atoms with van der Waals surface area (Å²) in [4.78, 5) is 22.6. The van der Waals surface area contributed by atoms with Gasteiger partial charge >= 0.3 is 0 Å². The van der Waals surface area contributed by atoms with Crippen molar-refractivity contribution in [3.05, 3.63) is 70.4 Å². The van der Waals surface area contributed by atoms with Gasteiger partial charge in [0.05, 0.1) is 22.9 Å². The van der Waals surface area contributed by atoms with Crippen LogP contribution in [0.1, 0.15) is 12.6 Å². The summed E-state index contributed by atoms with van der Waals surface area (Å²) in [7, 11) is 0. The topological polar surface area (TPSA) is 109 Å². The number of aryl methyl sites for hydroxylation is 1. The Bertz CT molecular complexity index is 997. The van der Waals surface area contributed by atoms with Crippen LogP contribution in [0.4, 0.5) is 11.5 Å². The molecule has 0 radical (unpaired) electrons. The minimum atomic E-state index is -0.473. The largest absolute Gasteiger partial charge is 0.494 e. The fourth-order valence-electron chi connectivity index (χ4n) is 2.63. The summed E-state index contributed by atoms with van der Waals surface area (Å²) in [5.74, 6) is 1.36. The van der Waals surface area contributed by atoms with Crippen LogP contribution in [0.15, 0.2) is 54.6 Å². The van der Waals surface area contributed by atoms with E-state index in [4.69, 9.17) is 9.47 Å². The zero-order valence-corrected chi connectivity index (χ0v) is 16.0. The molecule has 3 rings (SSSR count). The lowest BCUT2D eigenvalue weighted by molar-refractivity contribution is -0.384. The molecule has 0 saturated heterocycles. The molecule has 1 aromatic heterocycles. The van der Waals surface area contributed by atoms with Gasteiger partial charge in [-0.15, -0.1) is 0 Å². The second kappa shape index (κ2) is 8.87. The van der Waals surface area contributed by atoms with Gasteiger partial charge in [-0.2, -0.15) is 5.10 Å². The first-order chi connectivity index (χ1) is 14.0. The first kappa shape index (κ1) is 19.9. The zero-order chi connectivity index (χ0) is 20.8. The minimum Gasteiger partial charge on any atom is -0.494 e. The predicted molar refractivity (Wildman–Crippen MR) is 107 cm³/mol. The van der Waals surface area contributed by atoms with Crippen LogP contribution in [0.2, 0.25) is 0 Å². The maximum atomic E-state index is 12.3. The van der Waals surface area contributed by atoms with Crippen molar-refractivity contribution >= 4 is 17.4 Å². The number of non-ortho nitro benzene ring substituents is 1. The lowest BCUT2D eigenvalue weighted by Crippen LogP contribution is -2.21. The molecule has 29 heavy (non-hydrogen) atoms. The van der Waals surface area contributed by atoms with Crippen molar-refractivity contribution in [3.63, 3.8) is 0 Å². The fraction of sp³-hybridized carbons (Fsp3) is 0.200. The normalized spacial score (nSPS) is 10.4. The molecule has 3 aromatic rings. The molecule has 150 valence electrons. The van der Waals surface area contributed by atoms with Crippen LogP contribution in [0.3, 0.4) is 0 Å². The van der Waals surface area contributed by atoms with Gasteiger partial charge in [-0.05, 0) is 50.2 Å². The van der Waals surface area contributed by atoms with E-state index in [-0.39, 0.29) is 18.2 Å². The van der Waals surface area contributed by atoms with Gasteiger partial charge in [0.2, 0.25) is 0 Å². The second-order valence-electron chi connectivity index (χ2n) is 6.10. The predicted octanol–water partition coefficient (Wildman–Crippen LogP) is 3.51. The number of anilines is 1. The van der Waals surface area contributed by atoms with Gasteiger partial charge in [-0.25, -0.2) is 4.68 Å². The molecule has 0 bridgehead atoms. The average Bonchev–Trinajstić information content (AvgIpc) is 3.07. The third kappa shape index (κ3) is 5.10. The summed E-state index contributed by atoms with van der Waals surface area (Å²) in [5.41, 5.74) is 1.25. The monoisotopic (exact) mass is 396 g/mol. The summed E-state index contributed by atoms with van der Waals surface area (Å²) in [5, 5.41) is 17.9. The number of nitro groups is 1. The minimum absolute atomic E-state index is 0.0213. The highest BCUT2D eigenvalue weighted by molar-refractivity contribution is 5.91. The number of carbonyl (C=O) groups excluding carboxylic acids is 1. The van der Waals surface area contributed by atoms with E-state index in [1.807, 2.05) is 6.92 Å².